The summed E-state index contributed by atoms with van der Waals surface area (Å²) in [5, 5.41) is 3.02. The van der Waals surface area contributed by atoms with Gasteiger partial charge in [0.2, 0.25) is 0 Å². The highest BCUT2D eigenvalue weighted by molar-refractivity contribution is 6.33. The Hall–Kier alpha value is -2.31. The molecule has 1 amide bonds. The first-order valence-electron chi connectivity index (χ1n) is 9.25. The molecule has 3 rings (SSSR count). The number of nitrogens with zero attached hydrogens (tertiary/aromatic N) is 1. The predicted molar refractivity (Wildman–Crippen MR) is 108 cm³/mol. The molecule has 0 radical (unpaired) electrons. The maximum absolute atomic E-state index is 12.3. The zero-order valence-electron chi connectivity index (χ0n) is 15.2. The van der Waals surface area contributed by atoms with Crippen LogP contribution in [0.3, 0.4) is 0 Å². The Kier molecular flexibility index (Phi) is 6.53. The van der Waals surface area contributed by atoms with Gasteiger partial charge in [-0.25, -0.2) is 0 Å². The number of hydrogen-bond donors (Lipinski definition) is 3. The number of anilines is 1. The van der Waals surface area contributed by atoms with Crippen LogP contribution in [0, 0.1) is 5.92 Å². The number of carbonyl (C=O) groups excluding carboxylic acids is 1. The minimum Gasteiger partial charge on any atom is -0.384 e. The average molecular weight is 389 g/mol. The molecule has 1 aromatic heterocycles. The fourth-order valence-electron chi connectivity index (χ4n) is 3.37. The number of pyridine rings is 1. The number of aromatic amines is 1. The van der Waals surface area contributed by atoms with Gasteiger partial charge < -0.3 is 20.9 Å². The number of halogens is 1. The Bertz CT molecular complexity index is 830. The van der Waals surface area contributed by atoms with Gasteiger partial charge in [-0.05, 0) is 49.9 Å². The summed E-state index contributed by atoms with van der Waals surface area (Å²) in [7, 11) is 0. The molecule has 0 bridgehead atoms. The van der Waals surface area contributed by atoms with Crippen LogP contribution in [-0.2, 0) is 6.42 Å². The Morgan fingerprint density at radius 3 is 2.67 bits per heavy atom. The van der Waals surface area contributed by atoms with Crippen LogP contribution in [-0.4, -0.2) is 42.0 Å². The van der Waals surface area contributed by atoms with Gasteiger partial charge in [-0.15, -0.1) is 0 Å². The molecular formula is C20H25ClN4O2. The van der Waals surface area contributed by atoms with E-state index in [1.54, 1.807) is 0 Å². The summed E-state index contributed by atoms with van der Waals surface area (Å²) >= 11 is 5.89. The van der Waals surface area contributed by atoms with Crippen molar-refractivity contribution in [3.8, 4) is 0 Å². The minimum atomic E-state index is -0.523. The SMILES string of the molecule is Nc1[nH]c(=O)c(C(=O)NCC2CCN(CCc3ccccc3)CC2)cc1Cl. The number of H-pyrrole nitrogens is 1. The van der Waals surface area contributed by atoms with E-state index in [-0.39, 0.29) is 16.4 Å². The first kappa shape index (κ1) is 19.5. The highest BCUT2D eigenvalue weighted by Gasteiger charge is 2.20. The van der Waals surface area contributed by atoms with E-state index >= 15 is 0 Å². The molecule has 1 aliphatic heterocycles. The average Bonchev–Trinajstić information content (AvgIpc) is 2.69. The topological polar surface area (TPSA) is 91.2 Å². The third kappa shape index (κ3) is 5.34. The van der Waals surface area contributed by atoms with Crippen molar-refractivity contribution in [3.63, 3.8) is 0 Å². The molecule has 2 heterocycles. The molecule has 0 saturated carbocycles. The third-order valence-electron chi connectivity index (χ3n) is 5.08. The number of hydrogen-bond acceptors (Lipinski definition) is 4. The van der Waals surface area contributed by atoms with Gasteiger partial charge in [-0.3, -0.25) is 9.59 Å². The van der Waals surface area contributed by atoms with Crippen molar-refractivity contribution in [1.82, 2.24) is 15.2 Å². The van der Waals surface area contributed by atoms with Crippen molar-refractivity contribution in [1.29, 1.82) is 0 Å². The lowest BCUT2D eigenvalue weighted by Gasteiger charge is -2.32. The lowest BCUT2D eigenvalue weighted by molar-refractivity contribution is 0.0935. The number of aromatic nitrogens is 1. The summed E-state index contributed by atoms with van der Waals surface area (Å²) in [5.74, 6) is 0.0796. The largest absolute Gasteiger partial charge is 0.384 e. The fraction of sp³-hybridized carbons (Fsp3) is 0.400. The number of amides is 1. The van der Waals surface area contributed by atoms with E-state index in [0.29, 0.717) is 12.5 Å². The number of carbonyl (C=O) groups is 1. The number of benzene rings is 1. The molecule has 4 N–H and O–H groups in total. The summed E-state index contributed by atoms with van der Waals surface area (Å²) < 4.78 is 0. The smallest absolute Gasteiger partial charge is 0.262 e. The highest BCUT2D eigenvalue weighted by atomic mass is 35.5. The number of likely N-dealkylation sites (tertiary alicyclic amines) is 1. The summed E-state index contributed by atoms with van der Waals surface area (Å²) in [5.41, 5.74) is 6.36. The van der Waals surface area contributed by atoms with Crippen LogP contribution in [0.5, 0.6) is 0 Å². The Labute approximate surface area is 163 Å². The molecule has 2 aromatic rings. The molecule has 0 spiro atoms. The van der Waals surface area contributed by atoms with E-state index in [9.17, 15) is 9.59 Å². The van der Waals surface area contributed by atoms with Crippen LogP contribution in [0.4, 0.5) is 5.82 Å². The predicted octanol–water partition coefficient (Wildman–Crippen LogP) is 2.30. The maximum Gasteiger partial charge on any atom is 0.262 e. The zero-order chi connectivity index (χ0) is 19.2. The first-order valence-corrected chi connectivity index (χ1v) is 9.63. The van der Waals surface area contributed by atoms with E-state index in [2.05, 4.69) is 39.5 Å². The van der Waals surface area contributed by atoms with Crippen molar-refractivity contribution < 1.29 is 4.79 Å². The van der Waals surface area contributed by atoms with Gasteiger partial charge in [0.25, 0.3) is 11.5 Å². The van der Waals surface area contributed by atoms with E-state index in [4.69, 9.17) is 17.3 Å². The molecule has 0 aliphatic carbocycles. The first-order chi connectivity index (χ1) is 13.0. The van der Waals surface area contributed by atoms with E-state index in [1.807, 2.05) is 6.07 Å². The van der Waals surface area contributed by atoms with Crippen LogP contribution in [0.25, 0.3) is 0 Å². The molecule has 27 heavy (non-hydrogen) atoms. The molecule has 1 fully saturated rings. The molecule has 6 nitrogen and oxygen atoms in total. The second kappa shape index (κ2) is 9.06. The van der Waals surface area contributed by atoms with Crippen LogP contribution in [0.1, 0.15) is 28.8 Å². The number of nitrogens with two attached hydrogens (primary N) is 1. The molecule has 1 saturated heterocycles. The van der Waals surface area contributed by atoms with Gasteiger partial charge in [-0.2, -0.15) is 0 Å². The van der Waals surface area contributed by atoms with E-state index < -0.39 is 11.5 Å². The van der Waals surface area contributed by atoms with Crippen LogP contribution < -0.4 is 16.6 Å². The molecular weight excluding hydrogens is 364 g/mol. The number of nitrogen functional groups attached to an aromatic ring is 1. The second-order valence-corrected chi connectivity index (χ2v) is 7.41. The van der Waals surface area contributed by atoms with Gasteiger partial charge in [0.05, 0.1) is 5.02 Å². The lowest BCUT2D eigenvalue weighted by atomic mass is 9.96. The summed E-state index contributed by atoms with van der Waals surface area (Å²) in [6.07, 6.45) is 3.13. The van der Waals surface area contributed by atoms with E-state index in [0.717, 1.165) is 38.9 Å². The number of nitrogens with one attached hydrogen (secondary N) is 2. The van der Waals surface area contributed by atoms with Crippen LogP contribution in [0.2, 0.25) is 5.02 Å². The molecule has 0 unspecified atom stereocenters. The van der Waals surface area contributed by atoms with Crippen molar-refractivity contribution >= 4 is 23.3 Å². The maximum atomic E-state index is 12.3. The van der Waals surface area contributed by atoms with Gasteiger partial charge in [0.1, 0.15) is 11.4 Å². The molecule has 7 heteroatoms. The monoisotopic (exact) mass is 388 g/mol. The number of rotatable bonds is 6. The van der Waals surface area contributed by atoms with Crippen molar-refractivity contribution in [2.75, 3.05) is 31.9 Å². The molecule has 0 atom stereocenters. The molecule has 1 aliphatic rings. The Morgan fingerprint density at radius 1 is 1.26 bits per heavy atom. The Morgan fingerprint density at radius 2 is 1.96 bits per heavy atom. The van der Waals surface area contributed by atoms with Gasteiger partial charge in [0, 0.05) is 13.1 Å². The van der Waals surface area contributed by atoms with Crippen molar-refractivity contribution in [2.24, 2.45) is 5.92 Å². The summed E-state index contributed by atoms with van der Waals surface area (Å²) in [4.78, 5) is 29.0. The Balaban J connectivity index is 1.42. The van der Waals surface area contributed by atoms with Crippen molar-refractivity contribution in [3.05, 3.63) is 62.9 Å². The van der Waals surface area contributed by atoms with Gasteiger partial charge >= 0.3 is 0 Å². The quantitative estimate of drug-likeness (QED) is 0.708. The van der Waals surface area contributed by atoms with Crippen molar-refractivity contribution in [2.45, 2.75) is 19.3 Å². The second-order valence-electron chi connectivity index (χ2n) is 7.00. The molecule has 1 aromatic carbocycles. The summed E-state index contributed by atoms with van der Waals surface area (Å²) in [6.45, 7) is 3.68. The van der Waals surface area contributed by atoms with Crippen LogP contribution >= 0.6 is 11.6 Å². The lowest BCUT2D eigenvalue weighted by Crippen LogP contribution is -2.40. The fourth-order valence-corrected chi connectivity index (χ4v) is 3.52. The minimum absolute atomic E-state index is 0.00510. The zero-order valence-corrected chi connectivity index (χ0v) is 16.0. The molecule has 144 valence electrons. The van der Waals surface area contributed by atoms with Gasteiger partial charge in [0.15, 0.2) is 0 Å². The third-order valence-corrected chi connectivity index (χ3v) is 5.40. The van der Waals surface area contributed by atoms with E-state index in [1.165, 1.54) is 11.6 Å². The summed E-state index contributed by atoms with van der Waals surface area (Å²) in [6, 6.07) is 11.8. The highest BCUT2D eigenvalue weighted by Crippen LogP contribution is 2.18. The standard InChI is InChI=1S/C20H25ClN4O2/c21-17-12-16(20(27)24-18(17)22)19(26)23-13-15-7-10-25(11-8-15)9-6-14-4-2-1-3-5-14/h1-5,12,15H,6-11,13H2,(H,23,26)(H3,22,24,27). The normalized spacial score (nSPS) is 15.6. The van der Waals surface area contributed by atoms with Crippen LogP contribution in [0.15, 0.2) is 41.2 Å². The number of piperidine rings is 1. The van der Waals surface area contributed by atoms with Gasteiger partial charge in [-0.1, -0.05) is 41.9 Å².